The molecule has 4 aromatic rings. The highest BCUT2D eigenvalue weighted by atomic mass is 79.9. The van der Waals surface area contributed by atoms with Crippen LogP contribution in [0.15, 0.2) is 70.3 Å². The van der Waals surface area contributed by atoms with E-state index in [0.717, 1.165) is 57.0 Å². The lowest BCUT2D eigenvalue weighted by molar-refractivity contribution is -0.385. The van der Waals surface area contributed by atoms with Gasteiger partial charge in [-0.1, -0.05) is 22.0 Å². The molecule has 2 fully saturated rings. The summed E-state index contributed by atoms with van der Waals surface area (Å²) in [5, 5.41) is 12.7. The molecule has 1 amide bonds. The predicted octanol–water partition coefficient (Wildman–Crippen LogP) is 5.19. The first-order valence-electron chi connectivity index (χ1n) is 14.2. The van der Waals surface area contributed by atoms with Crippen molar-refractivity contribution in [2.75, 3.05) is 26.3 Å². The predicted molar refractivity (Wildman–Crippen MR) is 165 cm³/mol. The Balaban J connectivity index is 1.15. The van der Waals surface area contributed by atoms with E-state index < -0.39 is 20.9 Å². The lowest BCUT2D eigenvalue weighted by Gasteiger charge is -2.41. The molecule has 0 aliphatic carbocycles. The van der Waals surface area contributed by atoms with Crippen molar-refractivity contribution >= 4 is 48.6 Å². The third kappa shape index (κ3) is 6.62. The number of piperidine rings is 1. The van der Waals surface area contributed by atoms with Crippen LogP contribution in [0.1, 0.15) is 35.2 Å². The Bertz CT molecular complexity index is 1820. The number of hydrogen-bond donors (Lipinski definition) is 2. The van der Waals surface area contributed by atoms with Crippen LogP contribution in [0.2, 0.25) is 0 Å². The second kappa shape index (κ2) is 12.6. The second-order valence-corrected chi connectivity index (χ2v) is 13.6. The summed E-state index contributed by atoms with van der Waals surface area (Å²) in [6, 6.07) is 12.4. The molecule has 0 spiro atoms. The molecule has 2 saturated heterocycles. The second-order valence-electron chi connectivity index (χ2n) is 11.0. The van der Waals surface area contributed by atoms with Gasteiger partial charge < -0.3 is 14.5 Å². The minimum Gasteiger partial charge on any atom is -0.455 e. The van der Waals surface area contributed by atoms with E-state index in [1.165, 1.54) is 30.5 Å². The van der Waals surface area contributed by atoms with Gasteiger partial charge in [-0.05, 0) is 81.1 Å². The summed E-state index contributed by atoms with van der Waals surface area (Å²) in [4.78, 5) is 33.9. The highest BCUT2D eigenvalue weighted by molar-refractivity contribution is 9.10. The average Bonchev–Trinajstić information content (AvgIpc) is 3.43. The number of nitrogens with zero attached hydrogens (tertiary/aromatic N) is 3. The number of nitro benzene ring substituents is 1. The zero-order valence-electron chi connectivity index (χ0n) is 23.6. The molecular weight excluding hydrogens is 654 g/mol. The number of rotatable bonds is 10. The van der Waals surface area contributed by atoms with Gasteiger partial charge in [-0.15, -0.1) is 0 Å². The molecule has 2 aliphatic heterocycles. The monoisotopic (exact) mass is 683 g/mol. The van der Waals surface area contributed by atoms with Crippen LogP contribution >= 0.6 is 15.9 Å². The summed E-state index contributed by atoms with van der Waals surface area (Å²) >= 11 is 3.35. The zero-order valence-corrected chi connectivity index (χ0v) is 26.0. The maximum Gasteiger partial charge on any atom is 0.273 e. The lowest BCUT2D eigenvalue weighted by Crippen LogP contribution is -2.51. The van der Waals surface area contributed by atoms with Gasteiger partial charge in [0, 0.05) is 27.7 Å². The number of likely N-dealkylation sites (tertiary alicyclic amines) is 1. The molecule has 12 nitrogen and oxygen atoms in total. The Kier molecular flexibility index (Phi) is 8.67. The lowest BCUT2D eigenvalue weighted by atomic mass is 9.89. The number of aryl methyl sites for hydroxylation is 1. The molecule has 6 rings (SSSR count). The summed E-state index contributed by atoms with van der Waals surface area (Å²) in [5.74, 6) is -0.0684. The van der Waals surface area contributed by atoms with Crippen molar-refractivity contribution in [3.05, 3.63) is 86.6 Å². The number of fused-ring (bicyclic) bond motifs is 1. The number of hydrogen-bond acceptors (Lipinski definition) is 9. The summed E-state index contributed by atoms with van der Waals surface area (Å²) < 4.78 is 40.3. The number of ether oxygens (including phenoxy) is 2. The summed E-state index contributed by atoms with van der Waals surface area (Å²) in [5.41, 5.74) is 0.792. The Morgan fingerprint density at radius 1 is 1.16 bits per heavy atom. The number of halogens is 1. The Morgan fingerprint density at radius 2 is 1.95 bits per heavy atom. The molecule has 2 aromatic heterocycles. The van der Waals surface area contributed by atoms with E-state index in [-0.39, 0.29) is 21.9 Å². The molecule has 230 valence electrons. The van der Waals surface area contributed by atoms with Crippen LogP contribution in [0.25, 0.3) is 11.0 Å². The van der Waals surface area contributed by atoms with Crippen molar-refractivity contribution in [3.8, 4) is 11.5 Å². The topological polar surface area (TPSA) is 157 Å². The number of sulfonamides is 1. The van der Waals surface area contributed by atoms with Crippen LogP contribution < -0.4 is 9.46 Å². The van der Waals surface area contributed by atoms with Gasteiger partial charge in [-0.3, -0.25) is 19.8 Å². The van der Waals surface area contributed by atoms with E-state index >= 15 is 0 Å². The molecule has 2 aliphatic rings. The van der Waals surface area contributed by atoms with Gasteiger partial charge in [0.1, 0.15) is 17.1 Å². The van der Waals surface area contributed by atoms with E-state index in [1.807, 2.05) is 10.8 Å². The van der Waals surface area contributed by atoms with Crippen LogP contribution in [0.3, 0.4) is 0 Å². The van der Waals surface area contributed by atoms with Gasteiger partial charge in [0.25, 0.3) is 21.6 Å². The number of nitro groups is 1. The third-order valence-corrected chi connectivity index (χ3v) is 10.0. The largest absolute Gasteiger partial charge is 0.455 e. The molecule has 2 aromatic carbocycles. The average molecular weight is 685 g/mol. The number of carbonyl (C=O) groups excluding carboxylic acids is 1. The van der Waals surface area contributed by atoms with Crippen molar-refractivity contribution in [3.63, 3.8) is 0 Å². The molecule has 0 atom stereocenters. The quantitative estimate of drug-likeness (QED) is 0.170. The Hall–Kier alpha value is -3.85. The van der Waals surface area contributed by atoms with Crippen molar-refractivity contribution < 1.29 is 27.6 Å². The van der Waals surface area contributed by atoms with Gasteiger partial charge in [-0.2, -0.15) is 0 Å². The molecule has 0 unspecified atom stereocenters. The first-order valence-corrected chi connectivity index (χ1v) is 16.5. The molecule has 14 heteroatoms. The van der Waals surface area contributed by atoms with Crippen LogP contribution in [0, 0.1) is 16.0 Å². The number of nitrogens with one attached hydrogen (secondary N) is 2. The molecule has 44 heavy (non-hydrogen) atoms. The third-order valence-electron chi connectivity index (χ3n) is 8.19. The van der Waals surface area contributed by atoms with Crippen molar-refractivity contribution in [2.24, 2.45) is 5.92 Å². The maximum atomic E-state index is 13.2. The standard InChI is InChI=1S/C30H30BrN5O7S/c31-22-4-6-26(28(14-22)43-24-13-21-7-10-32-29(21)33-16-24)30(37)34-44(40,41)25-5-3-20(27(15-25)36(38)39)2-1-19-8-11-35(12-9-19)23-17-42-18-23/h3-7,10,13-16,19,23H,1-2,8-9,11-12,17-18H2,(H,32,33)(H,34,37). The first kappa shape index (κ1) is 30.2. The first-order chi connectivity index (χ1) is 21.2. The van der Waals surface area contributed by atoms with Gasteiger partial charge in [0.2, 0.25) is 0 Å². The summed E-state index contributed by atoms with van der Waals surface area (Å²) in [6.45, 7) is 3.55. The number of H-pyrrole nitrogens is 1. The number of aromatic amines is 1. The SMILES string of the molecule is O=C(NS(=O)(=O)c1ccc(CCC2CCN(C3COC3)CC2)c([N+](=O)[O-])c1)c1ccc(Br)cc1Oc1cnc2[nH]ccc2c1. The summed E-state index contributed by atoms with van der Waals surface area (Å²) in [6.07, 6.45) is 6.48. The Morgan fingerprint density at radius 3 is 2.68 bits per heavy atom. The van der Waals surface area contributed by atoms with Gasteiger partial charge in [-0.25, -0.2) is 18.1 Å². The molecule has 0 saturated carbocycles. The highest BCUT2D eigenvalue weighted by Crippen LogP contribution is 2.32. The van der Waals surface area contributed by atoms with Gasteiger partial charge >= 0.3 is 0 Å². The van der Waals surface area contributed by atoms with E-state index in [0.29, 0.717) is 39.8 Å². The highest BCUT2D eigenvalue weighted by Gasteiger charge is 2.30. The molecule has 0 radical (unpaired) electrons. The van der Waals surface area contributed by atoms with E-state index in [9.17, 15) is 23.3 Å². The normalized spacial score (nSPS) is 16.5. The van der Waals surface area contributed by atoms with Crippen molar-refractivity contribution in [1.82, 2.24) is 19.6 Å². The maximum absolute atomic E-state index is 13.2. The van der Waals surface area contributed by atoms with Crippen molar-refractivity contribution in [2.45, 2.75) is 36.6 Å². The fraction of sp³-hybridized carbons (Fsp3) is 0.333. The summed E-state index contributed by atoms with van der Waals surface area (Å²) in [7, 11) is -4.45. The van der Waals surface area contributed by atoms with Crippen LogP contribution in [-0.2, 0) is 21.2 Å². The fourth-order valence-corrected chi connectivity index (χ4v) is 6.93. The van der Waals surface area contributed by atoms with Crippen LogP contribution in [-0.4, -0.2) is 66.5 Å². The minimum atomic E-state index is -4.45. The van der Waals surface area contributed by atoms with Crippen LogP contribution in [0.4, 0.5) is 5.69 Å². The number of amides is 1. The smallest absolute Gasteiger partial charge is 0.273 e. The van der Waals surface area contributed by atoms with Crippen molar-refractivity contribution in [1.29, 1.82) is 0 Å². The fourth-order valence-electron chi connectivity index (χ4n) is 5.60. The number of benzene rings is 2. The van der Waals surface area contributed by atoms with E-state index in [1.54, 1.807) is 18.3 Å². The van der Waals surface area contributed by atoms with Gasteiger partial charge in [0.15, 0.2) is 0 Å². The minimum absolute atomic E-state index is 0.0482. The molecule has 2 N–H and O–H groups in total. The number of carbonyl (C=O) groups is 1. The van der Waals surface area contributed by atoms with Crippen LogP contribution in [0.5, 0.6) is 11.5 Å². The number of aromatic nitrogens is 2. The molecular formula is C30H30BrN5O7S. The van der Waals surface area contributed by atoms with Gasteiger partial charge in [0.05, 0.1) is 40.8 Å². The molecule has 0 bridgehead atoms. The van der Waals surface area contributed by atoms with E-state index in [4.69, 9.17) is 9.47 Å². The Labute approximate surface area is 262 Å². The zero-order chi connectivity index (χ0) is 30.8. The molecule has 4 heterocycles. The van der Waals surface area contributed by atoms with E-state index in [2.05, 4.69) is 30.8 Å². The number of pyridine rings is 1.